The standard InChI is InChI=1S/C7H7NO2/c9-7(10)4-6-2-1-3-8-5-6/h1-3,5H,4H2,(H,9,10)/q+1. The van der Waals surface area contributed by atoms with Gasteiger partial charge in [0.25, 0.3) is 0 Å². The van der Waals surface area contributed by atoms with E-state index < -0.39 is 5.97 Å². The van der Waals surface area contributed by atoms with Crippen LogP contribution in [-0.2, 0) is 4.79 Å². The molecule has 0 aliphatic carbocycles. The summed E-state index contributed by atoms with van der Waals surface area (Å²) < 4.78 is 0. The van der Waals surface area contributed by atoms with Crippen LogP contribution in [0.25, 0.3) is 0 Å². The SMILES string of the molecule is O=C(O)CC1=CC=C[N+]=C1. The van der Waals surface area contributed by atoms with Crippen molar-refractivity contribution in [1.82, 2.24) is 4.99 Å². The van der Waals surface area contributed by atoms with E-state index in [9.17, 15) is 4.79 Å². The Kier molecular flexibility index (Phi) is 1.99. The van der Waals surface area contributed by atoms with Gasteiger partial charge in [0, 0.05) is 11.6 Å². The van der Waals surface area contributed by atoms with Crippen LogP contribution in [0.4, 0.5) is 0 Å². The van der Waals surface area contributed by atoms with Crippen molar-refractivity contribution in [2.24, 2.45) is 0 Å². The van der Waals surface area contributed by atoms with Gasteiger partial charge in [-0.05, 0) is 6.08 Å². The van der Waals surface area contributed by atoms with Gasteiger partial charge < -0.3 is 5.11 Å². The fraction of sp³-hybridized carbons (Fsp3) is 0.143. The number of hydrogen-bond acceptors (Lipinski definition) is 2. The first-order valence-electron chi connectivity index (χ1n) is 2.90. The lowest BCUT2D eigenvalue weighted by Crippen LogP contribution is -2.01. The van der Waals surface area contributed by atoms with Crippen LogP contribution in [0, 0.1) is 0 Å². The third-order valence-electron chi connectivity index (χ3n) is 1.08. The number of rotatable bonds is 2. The van der Waals surface area contributed by atoms with E-state index in [0.717, 1.165) is 5.57 Å². The summed E-state index contributed by atoms with van der Waals surface area (Å²) >= 11 is 0. The van der Waals surface area contributed by atoms with E-state index in [2.05, 4.69) is 4.99 Å². The highest BCUT2D eigenvalue weighted by Crippen LogP contribution is 1.99. The first kappa shape index (κ1) is 6.74. The van der Waals surface area contributed by atoms with Crippen LogP contribution >= 0.6 is 0 Å². The molecule has 0 aromatic heterocycles. The summed E-state index contributed by atoms with van der Waals surface area (Å²) in [5.41, 5.74) is 0.731. The summed E-state index contributed by atoms with van der Waals surface area (Å²) in [5, 5.41) is 8.34. The van der Waals surface area contributed by atoms with Crippen molar-refractivity contribution >= 4 is 12.2 Å². The van der Waals surface area contributed by atoms with Crippen LogP contribution < -0.4 is 4.99 Å². The summed E-state index contributed by atoms with van der Waals surface area (Å²) in [7, 11) is 0. The smallest absolute Gasteiger partial charge is 0.308 e. The van der Waals surface area contributed by atoms with E-state index in [0.29, 0.717) is 0 Å². The molecule has 3 nitrogen and oxygen atoms in total. The highest BCUT2D eigenvalue weighted by atomic mass is 16.4. The number of aliphatic carboxylic acids is 1. The van der Waals surface area contributed by atoms with Gasteiger partial charge in [-0.2, -0.15) is 0 Å². The summed E-state index contributed by atoms with van der Waals surface area (Å²) in [4.78, 5) is 13.9. The topological polar surface area (TPSA) is 51.4 Å². The van der Waals surface area contributed by atoms with E-state index in [1.54, 1.807) is 24.6 Å². The molecule has 0 bridgehead atoms. The molecule has 3 heteroatoms. The predicted octanol–water partition coefficient (Wildman–Crippen LogP) is 0.321. The third-order valence-corrected chi connectivity index (χ3v) is 1.08. The second-order valence-corrected chi connectivity index (χ2v) is 1.93. The van der Waals surface area contributed by atoms with Crippen LogP contribution in [0.1, 0.15) is 6.42 Å². The van der Waals surface area contributed by atoms with Crippen LogP contribution in [0.15, 0.2) is 23.9 Å². The Bertz CT molecular complexity index is 226. The van der Waals surface area contributed by atoms with Crippen molar-refractivity contribution in [3.05, 3.63) is 23.9 Å². The minimum Gasteiger partial charge on any atom is -0.481 e. The van der Waals surface area contributed by atoms with E-state index >= 15 is 0 Å². The lowest BCUT2D eigenvalue weighted by molar-refractivity contribution is -0.136. The normalized spacial score (nSPS) is 15.0. The molecule has 0 spiro atoms. The van der Waals surface area contributed by atoms with Crippen LogP contribution in [0.2, 0.25) is 0 Å². The van der Waals surface area contributed by atoms with E-state index in [4.69, 9.17) is 5.11 Å². The molecule has 0 fully saturated rings. The molecular formula is C7H7NO2+. The number of carbonyl (C=O) groups is 1. The number of nitrogens with zero attached hydrogens (tertiary/aromatic N) is 1. The Morgan fingerprint density at radius 1 is 1.70 bits per heavy atom. The van der Waals surface area contributed by atoms with Gasteiger partial charge in [-0.1, -0.05) is 0 Å². The minimum atomic E-state index is -0.826. The van der Waals surface area contributed by atoms with Gasteiger partial charge in [0.05, 0.1) is 11.4 Å². The number of carboxylic acids is 1. The molecule has 0 unspecified atom stereocenters. The van der Waals surface area contributed by atoms with Gasteiger partial charge in [0.1, 0.15) is 0 Å². The van der Waals surface area contributed by atoms with Crippen LogP contribution in [0.3, 0.4) is 0 Å². The quantitative estimate of drug-likeness (QED) is 0.596. The molecule has 1 heterocycles. The Morgan fingerprint density at radius 2 is 2.50 bits per heavy atom. The van der Waals surface area contributed by atoms with Gasteiger partial charge in [0.15, 0.2) is 0 Å². The first-order chi connectivity index (χ1) is 4.79. The molecule has 1 aliphatic rings. The van der Waals surface area contributed by atoms with Gasteiger partial charge >= 0.3 is 5.97 Å². The molecule has 0 saturated carbocycles. The average molecular weight is 137 g/mol. The zero-order chi connectivity index (χ0) is 7.40. The minimum absolute atomic E-state index is 0.0494. The maximum absolute atomic E-state index is 10.1. The summed E-state index contributed by atoms with van der Waals surface area (Å²) in [6.07, 6.45) is 6.67. The van der Waals surface area contributed by atoms with Crippen molar-refractivity contribution in [1.29, 1.82) is 0 Å². The van der Waals surface area contributed by atoms with Crippen LogP contribution in [-0.4, -0.2) is 17.3 Å². The van der Waals surface area contributed by atoms with Gasteiger partial charge in [0.2, 0.25) is 12.4 Å². The summed E-state index contributed by atoms with van der Waals surface area (Å²) in [5.74, 6) is -0.826. The lowest BCUT2D eigenvalue weighted by atomic mass is 10.2. The molecular weight excluding hydrogens is 130 g/mol. The Labute approximate surface area is 58.4 Å². The fourth-order valence-electron chi connectivity index (χ4n) is 0.677. The van der Waals surface area contributed by atoms with Crippen molar-refractivity contribution in [3.63, 3.8) is 0 Å². The van der Waals surface area contributed by atoms with E-state index in [1.165, 1.54) is 0 Å². The fourth-order valence-corrected chi connectivity index (χ4v) is 0.677. The maximum Gasteiger partial charge on any atom is 0.308 e. The van der Waals surface area contributed by atoms with Crippen molar-refractivity contribution in [2.75, 3.05) is 0 Å². The lowest BCUT2D eigenvalue weighted by Gasteiger charge is -1.89. The number of carboxylic acid groups (broad SMARTS) is 1. The molecule has 1 N–H and O–H groups in total. The second kappa shape index (κ2) is 2.96. The highest BCUT2D eigenvalue weighted by Gasteiger charge is 2.06. The van der Waals surface area contributed by atoms with Crippen molar-refractivity contribution in [3.8, 4) is 0 Å². The summed E-state index contributed by atoms with van der Waals surface area (Å²) in [6, 6.07) is 0. The molecule has 0 amide bonds. The predicted molar refractivity (Wildman–Crippen MR) is 37.7 cm³/mol. The Balaban J connectivity index is 2.58. The number of hydrogen-bond donors (Lipinski definition) is 1. The maximum atomic E-state index is 10.1. The Morgan fingerprint density at radius 3 is 3.00 bits per heavy atom. The molecule has 1 radical (unpaired) electrons. The number of allylic oxidation sites excluding steroid dienone is 2. The van der Waals surface area contributed by atoms with Crippen LogP contribution in [0.5, 0.6) is 0 Å². The molecule has 0 atom stereocenters. The molecule has 0 aromatic rings. The summed E-state index contributed by atoms with van der Waals surface area (Å²) in [6.45, 7) is 0. The molecule has 0 aromatic carbocycles. The molecule has 1 aliphatic heterocycles. The van der Waals surface area contributed by atoms with Gasteiger partial charge in [-0.25, -0.2) is 0 Å². The zero-order valence-electron chi connectivity index (χ0n) is 5.32. The van der Waals surface area contributed by atoms with Crippen molar-refractivity contribution < 1.29 is 9.90 Å². The second-order valence-electron chi connectivity index (χ2n) is 1.93. The van der Waals surface area contributed by atoms with Gasteiger partial charge in [-0.3, -0.25) is 4.79 Å². The van der Waals surface area contributed by atoms with Gasteiger partial charge in [-0.15, -0.1) is 0 Å². The molecule has 1 rings (SSSR count). The highest BCUT2D eigenvalue weighted by molar-refractivity contribution is 5.87. The first-order valence-corrected chi connectivity index (χ1v) is 2.90. The van der Waals surface area contributed by atoms with E-state index in [-0.39, 0.29) is 6.42 Å². The molecule has 51 valence electrons. The third kappa shape index (κ3) is 1.85. The number of aliphatic imine (C=N–C) groups is 1. The molecule has 10 heavy (non-hydrogen) atoms. The zero-order valence-corrected chi connectivity index (χ0v) is 5.32. The molecule has 0 saturated heterocycles. The average Bonchev–Trinajstić information content (AvgIpc) is 1.88. The largest absolute Gasteiger partial charge is 0.481 e. The monoisotopic (exact) mass is 137 g/mol. The van der Waals surface area contributed by atoms with E-state index in [1.807, 2.05) is 0 Å². The Hall–Kier alpha value is -1.38. The van der Waals surface area contributed by atoms with Crippen molar-refractivity contribution in [2.45, 2.75) is 6.42 Å².